The maximum absolute atomic E-state index is 14.3. The molecule has 3 aromatic carbocycles. The molecule has 1 aliphatic rings. The lowest BCUT2D eigenvalue weighted by molar-refractivity contribution is -0.151. The standard InChI is InChI=1S/C33H31F2N3O4/c34-23-12-15-26(28(35)19-23)31(40)27-16-17-30(39)38(32(27)36)24-13-10-22(11-14-24)20-37-29(18-21-6-2-1-3-7-21)33(41)42-25-8-4-5-9-25/h1-3,6-7,10-17,19,25,29,37H,4-5,8-9,18,20,36H2/t29-/m0/s1. The first-order valence-corrected chi connectivity index (χ1v) is 13.9. The van der Waals surface area contributed by atoms with Crippen molar-refractivity contribution in [1.29, 1.82) is 0 Å². The van der Waals surface area contributed by atoms with E-state index in [4.69, 9.17) is 10.5 Å². The van der Waals surface area contributed by atoms with Crippen LogP contribution in [0.3, 0.4) is 0 Å². The fourth-order valence-electron chi connectivity index (χ4n) is 5.18. The first kappa shape index (κ1) is 28.9. The fourth-order valence-corrected chi connectivity index (χ4v) is 5.18. The summed E-state index contributed by atoms with van der Waals surface area (Å²) in [5.74, 6) is -3.05. The van der Waals surface area contributed by atoms with E-state index in [1.54, 1.807) is 24.3 Å². The summed E-state index contributed by atoms with van der Waals surface area (Å²) >= 11 is 0. The number of ether oxygens (including phenoxy) is 1. The van der Waals surface area contributed by atoms with Crippen LogP contribution in [0, 0.1) is 11.6 Å². The van der Waals surface area contributed by atoms with Crippen molar-refractivity contribution in [2.24, 2.45) is 0 Å². The number of hydrogen-bond acceptors (Lipinski definition) is 6. The summed E-state index contributed by atoms with van der Waals surface area (Å²) in [5, 5.41) is 3.32. The number of halogens is 2. The summed E-state index contributed by atoms with van der Waals surface area (Å²) in [4.78, 5) is 38.8. The molecule has 1 heterocycles. The highest BCUT2D eigenvalue weighted by Gasteiger charge is 2.26. The maximum Gasteiger partial charge on any atom is 0.323 e. The largest absolute Gasteiger partial charge is 0.461 e. The molecule has 1 saturated carbocycles. The number of carbonyl (C=O) groups excluding carboxylic acids is 2. The van der Waals surface area contributed by atoms with Crippen molar-refractivity contribution < 1.29 is 23.1 Å². The molecule has 7 nitrogen and oxygen atoms in total. The van der Waals surface area contributed by atoms with Gasteiger partial charge in [-0.1, -0.05) is 42.5 Å². The molecule has 1 fully saturated rings. The molecule has 0 bridgehead atoms. The van der Waals surface area contributed by atoms with Crippen LogP contribution in [0.25, 0.3) is 5.69 Å². The van der Waals surface area contributed by atoms with Crippen molar-refractivity contribution in [1.82, 2.24) is 9.88 Å². The number of rotatable bonds is 10. The Kier molecular flexibility index (Phi) is 8.88. The summed E-state index contributed by atoms with van der Waals surface area (Å²) in [6, 6.07) is 21.1. The number of esters is 1. The van der Waals surface area contributed by atoms with Gasteiger partial charge in [-0.15, -0.1) is 0 Å². The fraction of sp³-hybridized carbons (Fsp3) is 0.242. The van der Waals surface area contributed by atoms with Crippen molar-refractivity contribution in [2.75, 3.05) is 5.73 Å². The highest BCUT2D eigenvalue weighted by molar-refractivity contribution is 6.11. The minimum absolute atomic E-state index is 0.0391. The first-order chi connectivity index (χ1) is 20.3. The second kappa shape index (κ2) is 12.9. The number of carbonyl (C=O) groups is 2. The van der Waals surface area contributed by atoms with Crippen LogP contribution in [0.4, 0.5) is 14.6 Å². The summed E-state index contributed by atoms with van der Waals surface area (Å²) in [7, 11) is 0. The van der Waals surface area contributed by atoms with Gasteiger partial charge in [-0.2, -0.15) is 0 Å². The number of nitrogens with zero attached hydrogens (tertiary/aromatic N) is 1. The number of nitrogens with two attached hydrogens (primary N) is 1. The van der Waals surface area contributed by atoms with E-state index in [0.29, 0.717) is 24.7 Å². The van der Waals surface area contributed by atoms with E-state index < -0.39 is 29.0 Å². The van der Waals surface area contributed by atoms with Gasteiger partial charge in [-0.25, -0.2) is 8.78 Å². The molecule has 0 unspecified atom stereocenters. The van der Waals surface area contributed by atoms with E-state index >= 15 is 0 Å². The average Bonchev–Trinajstić information content (AvgIpc) is 3.49. The summed E-state index contributed by atoms with van der Waals surface area (Å²) in [5.41, 5.74) is 7.56. The Morgan fingerprint density at radius 1 is 0.905 bits per heavy atom. The van der Waals surface area contributed by atoms with E-state index in [9.17, 15) is 23.2 Å². The Labute approximate surface area is 241 Å². The molecule has 1 aliphatic carbocycles. The minimum atomic E-state index is -1.02. The number of benzene rings is 3. The molecule has 0 radical (unpaired) electrons. The number of aromatic nitrogens is 1. The molecule has 42 heavy (non-hydrogen) atoms. The molecule has 0 saturated heterocycles. The molecule has 0 amide bonds. The van der Waals surface area contributed by atoms with Gasteiger partial charge in [0.1, 0.15) is 29.6 Å². The average molecular weight is 572 g/mol. The quantitative estimate of drug-likeness (QED) is 0.202. The Balaban J connectivity index is 1.33. The van der Waals surface area contributed by atoms with Gasteiger partial charge in [0.05, 0.1) is 16.8 Å². The van der Waals surface area contributed by atoms with Crippen LogP contribution in [-0.4, -0.2) is 28.5 Å². The maximum atomic E-state index is 14.3. The van der Waals surface area contributed by atoms with Crippen LogP contribution in [0.15, 0.2) is 89.7 Å². The summed E-state index contributed by atoms with van der Waals surface area (Å²) in [6.07, 6.45) is 4.34. The Hall–Kier alpha value is -4.63. The highest BCUT2D eigenvalue weighted by Crippen LogP contribution is 2.23. The van der Waals surface area contributed by atoms with Gasteiger partial charge >= 0.3 is 5.97 Å². The Bertz CT molecular complexity index is 1630. The van der Waals surface area contributed by atoms with Crippen molar-refractivity contribution in [2.45, 2.75) is 50.8 Å². The number of ketones is 1. The van der Waals surface area contributed by atoms with E-state index in [1.807, 2.05) is 30.3 Å². The molecule has 216 valence electrons. The molecule has 9 heteroatoms. The zero-order valence-corrected chi connectivity index (χ0v) is 22.9. The van der Waals surface area contributed by atoms with Crippen LogP contribution in [0.5, 0.6) is 0 Å². The number of hydrogen-bond donors (Lipinski definition) is 2. The lowest BCUT2D eigenvalue weighted by Crippen LogP contribution is -2.40. The van der Waals surface area contributed by atoms with Crippen LogP contribution in [-0.2, 0) is 22.5 Å². The Morgan fingerprint density at radius 2 is 1.60 bits per heavy atom. The SMILES string of the molecule is Nc1c(C(=O)c2ccc(F)cc2F)ccc(=O)n1-c1ccc(CN[C@@H](Cc2ccccc2)C(=O)OC2CCCC2)cc1. The van der Waals surface area contributed by atoms with Gasteiger partial charge in [0, 0.05) is 18.7 Å². The number of anilines is 1. The third-order valence-corrected chi connectivity index (χ3v) is 7.45. The third kappa shape index (κ3) is 6.63. The van der Waals surface area contributed by atoms with Crippen LogP contribution in [0.1, 0.15) is 52.7 Å². The van der Waals surface area contributed by atoms with E-state index in [-0.39, 0.29) is 29.0 Å². The molecule has 3 N–H and O–H groups in total. The van der Waals surface area contributed by atoms with Gasteiger partial charge in [0.15, 0.2) is 5.78 Å². The molecule has 1 aromatic heterocycles. The van der Waals surface area contributed by atoms with Crippen molar-refractivity contribution in [3.63, 3.8) is 0 Å². The Morgan fingerprint density at radius 3 is 2.29 bits per heavy atom. The van der Waals surface area contributed by atoms with E-state index in [0.717, 1.165) is 53.5 Å². The van der Waals surface area contributed by atoms with Crippen molar-refractivity contribution in [3.05, 3.63) is 129 Å². The van der Waals surface area contributed by atoms with Crippen LogP contribution in [0.2, 0.25) is 0 Å². The zero-order valence-electron chi connectivity index (χ0n) is 22.9. The lowest BCUT2D eigenvalue weighted by Gasteiger charge is -2.21. The van der Waals surface area contributed by atoms with Crippen molar-refractivity contribution in [3.8, 4) is 5.69 Å². The monoisotopic (exact) mass is 571 g/mol. The van der Waals surface area contributed by atoms with E-state index in [2.05, 4.69) is 5.32 Å². The molecule has 4 aromatic rings. The van der Waals surface area contributed by atoms with Gasteiger partial charge < -0.3 is 15.8 Å². The molecule has 0 aliphatic heterocycles. The lowest BCUT2D eigenvalue weighted by atomic mass is 10.0. The second-order valence-corrected chi connectivity index (χ2v) is 10.4. The van der Waals surface area contributed by atoms with Crippen molar-refractivity contribution >= 4 is 17.6 Å². The van der Waals surface area contributed by atoms with Crippen LogP contribution >= 0.6 is 0 Å². The smallest absolute Gasteiger partial charge is 0.323 e. The van der Waals surface area contributed by atoms with Gasteiger partial charge in [-0.05, 0) is 73.6 Å². The molecule has 0 spiro atoms. The topological polar surface area (TPSA) is 103 Å². The van der Waals surface area contributed by atoms with Gasteiger partial charge in [0.2, 0.25) is 0 Å². The number of pyridine rings is 1. The van der Waals surface area contributed by atoms with E-state index in [1.165, 1.54) is 12.1 Å². The first-order valence-electron chi connectivity index (χ1n) is 13.9. The summed E-state index contributed by atoms with van der Waals surface area (Å²) < 4.78 is 34.5. The normalized spacial score (nSPS) is 14.0. The van der Waals surface area contributed by atoms with Crippen LogP contribution < -0.4 is 16.6 Å². The number of nitrogens with one attached hydrogen (secondary N) is 1. The molecular formula is C33H31F2N3O4. The van der Waals surface area contributed by atoms with Gasteiger partial charge in [-0.3, -0.25) is 19.0 Å². The molecule has 5 rings (SSSR count). The van der Waals surface area contributed by atoms with Gasteiger partial charge in [0.25, 0.3) is 5.56 Å². The minimum Gasteiger partial charge on any atom is -0.461 e. The summed E-state index contributed by atoms with van der Waals surface area (Å²) in [6.45, 7) is 0.365. The number of nitrogen functional groups attached to an aromatic ring is 1. The third-order valence-electron chi connectivity index (χ3n) is 7.45. The highest BCUT2D eigenvalue weighted by atomic mass is 19.1. The zero-order chi connectivity index (χ0) is 29.6. The predicted octanol–water partition coefficient (Wildman–Crippen LogP) is 5.12. The molecule has 1 atom stereocenters. The second-order valence-electron chi connectivity index (χ2n) is 10.4. The molecular weight excluding hydrogens is 540 g/mol. The predicted molar refractivity (Wildman–Crippen MR) is 155 cm³/mol.